The lowest BCUT2D eigenvalue weighted by Gasteiger charge is -2.43. The van der Waals surface area contributed by atoms with E-state index in [0.29, 0.717) is 35.6 Å². The maximum Gasteiger partial charge on any atom is 0.261 e. The summed E-state index contributed by atoms with van der Waals surface area (Å²) >= 11 is 0. The van der Waals surface area contributed by atoms with E-state index in [2.05, 4.69) is 91.3 Å². The Bertz CT molecular complexity index is 1890. The minimum Gasteiger partial charge on any atom is -0.407 e. The summed E-state index contributed by atoms with van der Waals surface area (Å²) in [6.45, 7) is 8.87. The molecule has 0 spiro atoms. The molecule has 0 saturated heterocycles. The molecule has 2 aliphatic heterocycles. The van der Waals surface area contributed by atoms with Gasteiger partial charge in [-0.15, -0.1) is 0 Å². The molecule has 8 nitrogen and oxygen atoms in total. The average molecular weight is 630 g/mol. The maximum atomic E-state index is 13.3. The first-order valence-electron chi connectivity index (χ1n) is 16.1. The lowest BCUT2D eigenvalue weighted by atomic mass is 9.99. The van der Waals surface area contributed by atoms with E-state index < -0.39 is 20.1 Å². The van der Waals surface area contributed by atoms with Gasteiger partial charge in [-0.3, -0.25) is 19.6 Å². The first-order valence-corrected chi connectivity index (χ1v) is 18.0. The Hall–Kier alpha value is -4.60. The molecule has 0 saturated carbocycles. The molecule has 0 bridgehead atoms. The van der Waals surface area contributed by atoms with Gasteiger partial charge >= 0.3 is 0 Å². The number of benzene rings is 2. The van der Waals surface area contributed by atoms with Gasteiger partial charge in [0.05, 0.1) is 16.8 Å². The first kappa shape index (κ1) is 30.1. The van der Waals surface area contributed by atoms with Crippen LogP contribution in [0, 0.1) is 0 Å². The van der Waals surface area contributed by atoms with Gasteiger partial charge in [0.1, 0.15) is 5.65 Å². The molecule has 5 aromatic rings. The fourth-order valence-electron chi connectivity index (χ4n) is 7.21. The average Bonchev–Trinajstić information content (AvgIpc) is 3.73. The summed E-state index contributed by atoms with van der Waals surface area (Å²) in [6.07, 6.45) is 7.55. The molecule has 2 aliphatic rings. The van der Waals surface area contributed by atoms with E-state index in [9.17, 15) is 9.59 Å². The minimum atomic E-state index is -2.66. The molecule has 234 valence electrons. The van der Waals surface area contributed by atoms with Gasteiger partial charge < -0.3 is 8.99 Å². The highest BCUT2D eigenvalue weighted by atomic mass is 28.4. The van der Waals surface area contributed by atoms with Crippen LogP contribution in [0.15, 0.2) is 91.3 Å². The highest BCUT2D eigenvalue weighted by Crippen LogP contribution is 2.38. The SMILES string of the molecule is CC(C)(C)[Si](OCCCn1cc(C2=C(c3cc4n(n3)CCCC4)C(=O)NC2=O)c2cccnc21)(c1ccccc1)c1ccccc1. The number of nitrogens with one attached hydrogen (secondary N) is 1. The second-order valence-electron chi connectivity index (χ2n) is 13.2. The van der Waals surface area contributed by atoms with E-state index in [0.717, 1.165) is 49.0 Å². The number of rotatable bonds is 9. The molecule has 0 fully saturated rings. The largest absolute Gasteiger partial charge is 0.407 e. The van der Waals surface area contributed by atoms with E-state index in [1.54, 1.807) is 6.20 Å². The van der Waals surface area contributed by atoms with E-state index in [1.165, 1.54) is 10.4 Å². The van der Waals surface area contributed by atoms with Crippen molar-refractivity contribution >= 4 is 52.7 Å². The summed E-state index contributed by atoms with van der Waals surface area (Å²) in [5, 5.41) is 10.5. The number of imide groups is 1. The molecule has 3 aromatic heterocycles. The third kappa shape index (κ3) is 5.13. The Balaban J connectivity index is 1.21. The van der Waals surface area contributed by atoms with E-state index in [4.69, 9.17) is 14.5 Å². The lowest BCUT2D eigenvalue weighted by Crippen LogP contribution is -2.66. The smallest absolute Gasteiger partial charge is 0.261 e. The number of nitrogens with zero attached hydrogens (tertiary/aromatic N) is 4. The van der Waals surface area contributed by atoms with E-state index >= 15 is 0 Å². The van der Waals surface area contributed by atoms with Crippen LogP contribution in [0.3, 0.4) is 0 Å². The van der Waals surface area contributed by atoms with E-state index in [-0.39, 0.29) is 5.04 Å². The van der Waals surface area contributed by atoms with Crippen LogP contribution >= 0.6 is 0 Å². The zero-order valence-corrected chi connectivity index (χ0v) is 27.6. The molecule has 9 heteroatoms. The molecule has 0 atom stereocenters. The van der Waals surface area contributed by atoms with Gasteiger partial charge in [-0.1, -0.05) is 81.4 Å². The van der Waals surface area contributed by atoms with Crippen LogP contribution in [0.2, 0.25) is 5.04 Å². The molecular weight excluding hydrogens is 591 g/mol. The second kappa shape index (κ2) is 12.0. The van der Waals surface area contributed by atoms with Crippen molar-refractivity contribution in [3.8, 4) is 0 Å². The van der Waals surface area contributed by atoms with Crippen molar-refractivity contribution in [2.75, 3.05) is 6.61 Å². The summed E-state index contributed by atoms with van der Waals surface area (Å²) in [4.78, 5) is 31.2. The zero-order valence-electron chi connectivity index (χ0n) is 26.6. The molecule has 0 unspecified atom stereocenters. The van der Waals surface area contributed by atoms with Crippen LogP contribution in [-0.4, -0.2) is 46.1 Å². The third-order valence-electron chi connectivity index (χ3n) is 9.29. The fourth-order valence-corrected chi connectivity index (χ4v) is 11.8. The van der Waals surface area contributed by atoms with Crippen LogP contribution < -0.4 is 15.7 Å². The van der Waals surface area contributed by atoms with Crippen LogP contribution in [0.4, 0.5) is 0 Å². The Labute approximate surface area is 270 Å². The molecule has 0 aliphatic carbocycles. The fraction of sp³-hybridized carbons (Fsp3) is 0.297. The van der Waals surface area contributed by atoms with Crippen LogP contribution in [0.1, 0.15) is 57.0 Å². The Morgan fingerprint density at radius 2 is 1.59 bits per heavy atom. The molecule has 2 aromatic carbocycles. The number of aromatic nitrogens is 4. The van der Waals surface area contributed by atoms with Crippen molar-refractivity contribution in [1.82, 2.24) is 24.6 Å². The minimum absolute atomic E-state index is 0.109. The maximum absolute atomic E-state index is 13.3. The molecule has 2 amide bonds. The predicted octanol–water partition coefficient (Wildman–Crippen LogP) is 5.10. The monoisotopic (exact) mass is 629 g/mol. The summed E-state index contributed by atoms with van der Waals surface area (Å²) in [5.41, 5.74) is 3.82. The number of hydrogen-bond acceptors (Lipinski definition) is 5. The normalized spacial score (nSPS) is 15.5. The Morgan fingerprint density at radius 1 is 0.891 bits per heavy atom. The third-order valence-corrected chi connectivity index (χ3v) is 14.3. The van der Waals surface area contributed by atoms with Crippen molar-refractivity contribution in [2.24, 2.45) is 0 Å². The van der Waals surface area contributed by atoms with Gasteiger partial charge in [0.25, 0.3) is 20.1 Å². The molecule has 46 heavy (non-hydrogen) atoms. The highest BCUT2D eigenvalue weighted by molar-refractivity contribution is 6.99. The topological polar surface area (TPSA) is 91.0 Å². The number of pyridine rings is 1. The van der Waals surface area contributed by atoms with Crippen molar-refractivity contribution in [1.29, 1.82) is 0 Å². The number of aryl methyl sites for hydroxylation is 3. The number of hydrogen-bond donors (Lipinski definition) is 1. The van der Waals surface area contributed by atoms with Crippen molar-refractivity contribution in [2.45, 2.75) is 64.6 Å². The van der Waals surface area contributed by atoms with Crippen molar-refractivity contribution in [3.05, 3.63) is 108 Å². The summed E-state index contributed by atoms with van der Waals surface area (Å²) in [6, 6.07) is 27.1. The Kier molecular flexibility index (Phi) is 7.82. The van der Waals surface area contributed by atoms with Gasteiger partial charge in [-0.25, -0.2) is 4.98 Å². The van der Waals surface area contributed by atoms with E-state index in [1.807, 2.05) is 29.1 Å². The van der Waals surface area contributed by atoms with Crippen LogP contribution in [0.25, 0.3) is 22.2 Å². The van der Waals surface area contributed by atoms with Gasteiger partial charge in [0.15, 0.2) is 0 Å². The molecular formula is C37H39N5O3Si. The molecule has 0 radical (unpaired) electrons. The first-order chi connectivity index (χ1) is 22.3. The van der Waals surface area contributed by atoms with Gasteiger partial charge in [0.2, 0.25) is 0 Å². The Morgan fingerprint density at radius 3 is 2.26 bits per heavy atom. The molecule has 5 heterocycles. The lowest BCUT2D eigenvalue weighted by molar-refractivity contribution is -0.122. The highest BCUT2D eigenvalue weighted by Gasteiger charge is 2.50. The van der Waals surface area contributed by atoms with Gasteiger partial charge in [0, 0.05) is 48.7 Å². The quantitative estimate of drug-likeness (QED) is 0.139. The number of carbonyl (C=O) groups excluding carboxylic acids is 2. The summed E-state index contributed by atoms with van der Waals surface area (Å²) in [7, 11) is -2.66. The van der Waals surface area contributed by atoms with Gasteiger partial charge in [-0.2, -0.15) is 5.10 Å². The molecule has 1 N–H and O–H groups in total. The second-order valence-corrected chi connectivity index (χ2v) is 17.5. The number of carbonyl (C=O) groups is 2. The zero-order chi connectivity index (χ0) is 31.9. The van der Waals surface area contributed by atoms with Crippen molar-refractivity contribution in [3.63, 3.8) is 0 Å². The number of fused-ring (bicyclic) bond motifs is 2. The summed E-state index contributed by atoms with van der Waals surface area (Å²) < 4.78 is 11.2. The summed E-state index contributed by atoms with van der Waals surface area (Å²) in [5.74, 6) is -0.803. The number of amides is 2. The molecule has 7 rings (SSSR count). The standard InChI is InChI=1S/C37H39N5O3Si/c1-37(2,3)46(27-15-6-4-7-16-27,28-17-8-5-9-18-28)45-23-13-21-41-25-30(29-19-12-20-38-34(29)41)32-33(36(44)39-35(32)43)31-24-26-14-10-11-22-42(26)40-31/h4-9,12,15-20,24-25H,10-11,13-14,21-23H2,1-3H3,(H,39,43,44). The van der Waals surface area contributed by atoms with Crippen LogP contribution in [-0.2, 0) is 33.5 Å². The van der Waals surface area contributed by atoms with Gasteiger partial charge in [-0.05, 0) is 59.3 Å². The van der Waals surface area contributed by atoms with Crippen molar-refractivity contribution < 1.29 is 14.0 Å². The van der Waals surface area contributed by atoms with Crippen LogP contribution in [0.5, 0.6) is 0 Å². The predicted molar refractivity (Wildman–Crippen MR) is 183 cm³/mol.